The van der Waals surface area contributed by atoms with Crippen molar-refractivity contribution in [3.63, 3.8) is 0 Å². The van der Waals surface area contributed by atoms with Gasteiger partial charge in [0.2, 0.25) is 5.91 Å². The summed E-state index contributed by atoms with van der Waals surface area (Å²) in [6.07, 6.45) is 0.591. The number of anilines is 1. The number of carbonyl (C=O) groups is 1. The predicted octanol–water partition coefficient (Wildman–Crippen LogP) is 1.56. The van der Waals surface area contributed by atoms with Gasteiger partial charge in [0, 0.05) is 26.3 Å². The number of likely N-dealkylation sites (N-methyl/N-ethyl adjacent to an activating group) is 1. The van der Waals surface area contributed by atoms with Crippen LogP contribution in [-0.2, 0) is 4.79 Å². The zero-order valence-corrected chi connectivity index (χ0v) is 13.2. The summed E-state index contributed by atoms with van der Waals surface area (Å²) in [5.74, 6) is -0.216. The van der Waals surface area contributed by atoms with E-state index < -0.39 is 4.92 Å². The molecule has 0 aliphatic rings. The third-order valence-electron chi connectivity index (χ3n) is 3.42. The van der Waals surface area contributed by atoms with Gasteiger partial charge in [-0.2, -0.15) is 0 Å². The SMILES string of the molecule is CN(CC(=O)NCC(C)(C)CCO)c1ccccc1[N+](=O)[O-]. The summed E-state index contributed by atoms with van der Waals surface area (Å²) in [6.45, 7) is 4.45. The molecule has 0 unspecified atom stereocenters. The number of nitrogens with one attached hydrogen (secondary N) is 1. The predicted molar refractivity (Wildman–Crippen MR) is 84.9 cm³/mol. The van der Waals surface area contributed by atoms with Gasteiger partial charge in [0.05, 0.1) is 11.5 Å². The summed E-state index contributed by atoms with van der Waals surface area (Å²) < 4.78 is 0. The smallest absolute Gasteiger partial charge is 0.292 e. The van der Waals surface area contributed by atoms with Crippen LogP contribution in [0.1, 0.15) is 20.3 Å². The number of nitrogens with zero attached hydrogens (tertiary/aromatic N) is 2. The molecule has 122 valence electrons. The second kappa shape index (κ2) is 7.74. The standard InChI is InChI=1S/C15H23N3O4/c1-15(2,8-9-19)11-16-14(20)10-17(3)12-6-4-5-7-13(12)18(21)22/h4-7,19H,8-11H2,1-3H3,(H,16,20). The molecule has 7 nitrogen and oxygen atoms in total. The molecule has 0 radical (unpaired) electrons. The van der Waals surface area contributed by atoms with Crippen molar-refractivity contribution in [2.75, 3.05) is 31.6 Å². The van der Waals surface area contributed by atoms with Gasteiger partial charge in [-0.1, -0.05) is 26.0 Å². The largest absolute Gasteiger partial charge is 0.396 e. The molecule has 0 aliphatic heterocycles. The van der Waals surface area contributed by atoms with Gasteiger partial charge in [-0.3, -0.25) is 14.9 Å². The molecule has 0 bridgehead atoms. The van der Waals surface area contributed by atoms with E-state index in [9.17, 15) is 14.9 Å². The molecule has 22 heavy (non-hydrogen) atoms. The molecule has 0 aliphatic carbocycles. The lowest BCUT2D eigenvalue weighted by atomic mass is 9.90. The van der Waals surface area contributed by atoms with Gasteiger partial charge in [0.25, 0.3) is 5.69 Å². The van der Waals surface area contributed by atoms with Gasteiger partial charge in [0.1, 0.15) is 5.69 Å². The van der Waals surface area contributed by atoms with E-state index in [-0.39, 0.29) is 30.2 Å². The average Bonchev–Trinajstić information content (AvgIpc) is 2.45. The van der Waals surface area contributed by atoms with Crippen LogP contribution in [0.5, 0.6) is 0 Å². The number of hydrogen-bond donors (Lipinski definition) is 2. The van der Waals surface area contributed by atoms with E-state index in [1.165, 1.54) is 6.07 Å². The molecule has 1 aromatic rings. The Morgan fingerprint density at radius 2 is 2.05 bits per heavy atom. The van der Waals surface area contributed by atoms with E-state index in [0.717, 1.165) is 0 Å². The monoisotopic (exact) mass is 309 g/mol. The molecule has 7 heteroatoms. The first-order valence-corrected chi connectivity index (χ1v) is 7.09. The number of para-hydroxylation sites is 2. The minimum atomic E-state index is -0.464. The summed E-state index contributed by atoms with van der Waals surface area (Å²) in [7, 11) is 1.64. The van der Waals surface area contributed by atoms with Gasteiger partial charge < -0.3 is 15.3 Å². The Hall–Kier alpha value is -2.15. The van der Waals surface area contributed by atoms with E-state index >= 15 is 0 Å². The number of nitro benzene ring substituents is 1. The van der Waals surface area contributed by atoms with E-state index in [1.54, 1.807) is 30.1 Å². The lowest BCUT2D eigenvalue weighted by Crippen LogP contribution is -2.40. The zero-order valence-electron chi connectivity index (χ0n) is 13.2. The normalized spacial score (nSPS) is 11.1. The maximum absolute atomic E-state index is 12.0. The Balaban J connectivity index is 2.64. The van der Waals surface area contributed by atoms with Crippen LogP contribution < -0.4 is 10.2 Å². The van der Waals surface area contributed by atoms with Crippen LogP contribution >= 0.6 is 0 Å². The fourth-order valence-electron chi connectivity index (χ4n) is 2.03. The molecule has 1 amide bonds. The topological polar surface area (TPSA) is 95.7 Å². The maximum atomic E-state index is 12.0. The fraction of sp³-hybridized carbons (Fsp3) is 0.533. The van der Waals surface area contributed by atoms with E-state index in [1.807, 2.05) is 13.8 Å². The molecule has 0 spiro atoms. The molecule has 1 aromatic carbocycles. The number of hydrogen-bond acceptors (Lipinski definition) is 5. The first-order chi connectivity index (χ1) is 10.3. The first-order valence-electron chi connectivity index (χ1n) is 7.09. The molecule has 2 N–H and O–H groups in total. The number of rotatable bonds is 8. The summed E-state index contributed by atoms with van der Waals surface area (Å²) >= 11 is 0. The van der Waals surface area contributed by atoms with Gasteiger partial charge in [-0.05, 0) is 17.9 Å². The van der Waals surface area contributed by atoms with Gasteiger partial charge in [-0.25, -0.2) is 0 Å². The number of aliphatic hydroxyl groups is 1. The highest BCUT2D eigenvalue weighted by molar-refractivity contribution is 5.82. The molecule has 0 aromatic heterocycles. The van der Waals surface area contributed by atoms with Crippen molar-refractivity contribution < 1.29 is 14.8 Å². The van der Waals surface area contributed by atoms with Crippen molar-refractivity contribution >= 4 is 17.3 Å². The molecule has 0 saturated heterocycles. The van der Waals surface area contributed by atoms with E-state index in [2.05, 4.69) is 5.32 Å². The maximum Gasteiger partial charge on any atom is 0.292 e. The summed E-state index contributed by atoms with van der Waals surface area (Å²) in [5.41, 5.74) is 0.178. The summed E-state index contributed by atoms with van der Waals surface area (Å²) in [4.78, 5) is 24.1. The quantitative estimate of drug-likeness (QED) is 0.561. The Morgan fingerprint density at radius 3 is 2.64 bits per heavy atom. The Bertz CT molecular complexity index is 531. The molecule has 1 rings (SSSR count). The molecular weight excluding hydrogens is 286 g/mol. The Labute approximate surface area is 130 Å². The van der Waals surface area contributed by atoms with Crippen molar-refractivity contribution in [3.05, 3.63) is 34.4 Å². The zero-order chi connectivity index (χ0) is 16.8. The second-order valence-corrected chi connectivity index (χ2v) is 6.02. The van der Waals surface area contributed by atoms with E-state index in [4.69, 9.17) is 5.11 Å². The number of aliphatic hydroxyl groups excluding tert-OH is 1. The molecular formula is C15H23N3O4. The van der Waals surface area contributed by atoms with Crippen LogP contribution in [0.3, 0.4) is 0 Å². The summed E-state index contributed by atoms with van der Waals surface area (Å²) in [6, 6.07) is 6.31. The fourth-order valence-corrected chi connectivity index (χ4v) is 2.03. The minimum absolute atomic E-state index is 0.0278. The van der Waals surface area contributed by atoms with Crippen LogP contribution in [0.25, 0.3) is 0 Å². The number of nitro groups is 1. The first kappa shape index (κ1) is 17.9. The lowest BCUT2D eigenvalue weighted by molar-refractivity contribution is -0.384. The minimum Gasteiger partial charge on any atom is -0.396 e. The number of carbonyl (C=O) groups excluding carboxylic acids is 1. The number of amides is 1. The van der Waals surface area contributed by atoms with Crippen LogP contribution in [0.4, 0.5) is 11.4 Å². The molecule has 0 fully saturated rings. The lowest BCUT2D eigenvalue weighted by Gasteiger charge is -2.25. The highest BCUT2D eigenvalue weighted by Gasteiger charge is 2.20. The molecule has 0 saturated carbocycles. The van der Waals surface area contributed by atoms with Gasteiger partial charge in [0.15, 0.2) is 0 Å². The van der Waals surface area contributed by atoms with Crippen LogP contribution in [0.2, 0.25) is 0 Å². The third-order valence-corrected chi connectivity index (χ3v) is 3.42. The highest BCUT2D eigenvalue weighted by Crippen LogP contribution is 2.26. The highest BCUT2D eigenvalue weighted by atomic mass is 16.6. The molecule has 0 heterocycles. The Kier molecular flexibility index (Phi) is 6.30. The number of benzene rings is 1. The molecule has 0 atom stereocenters. The Morgan fingerprint density at radius 1 is 1.41 bits per heavy atom. The van der Waals surface area contributed by atoms with Crippen LogP contribution in [0.15, 0.2) is 24.3 Å². The van der Waals surface area contributed by atoms with Crippen molar-refractivity contribution in [2.24, 2.45) is 5.41 Å². The summed E-state index contributed by atoms with van der Waals surface area (Å²) in [5, 5.41) is 22.8. The van der Waals surface area contributed by atoms with Crippen LogP contribution in [-0.4, -0.2) is 42.7 Å². The van der Waals surface area contributed by atoms with Crippen molar-refractivity contribution in [1.82, 2.24) is 5.32 Å². The third kappa shape index (κ3) is 5.33. The van der Waals surface area contributed by atoms with Crippen molar-refractivity contribution in [2.45, 2.75) is 20.3 Å². The van der Waals surface area contributed by atoms with E-state index in [0.29, 0.717) is 18.7 Å². The van der Waals surface area contributed by atoms with Gasteiger partial charge >= 0.3 is 0 Å². The van der Waals surface area contributed by atoms with Crippen LogP contribution in [0, 0.1) is 15.5 Å². The average molecular weight is 309 g/mol. The van der Waals surface area contributed by atoms with Crippen molar-refractivity contribution in [1.29, 1.82) is 0 Å². The second-order valence-electron chi connectivity index (χ2n) is 6.02. The van der Waals surface area contributed by atoms with Crippen molar-refractivity contribution in [3.8, 4) is 0 Å². The van der Waals surface area contributed by atoms with Gasteiger partial charge in [-0.15, -0.1) is 0 Å².